The number of carbonyl (C=O) groups is 2. The Morgan fingerprint density at radius 2 is 1.90 bits per heavy atom. The number of hydrogen-bond acceptors (Lipinski definition) is 9. The molecule has 0 radical (unpaired) electrons. The van der Waals surface area contributed by atoms with Crippen molar-refractivity contribution in [1.29, 1.82) is 0 Å². The zero-order valence-corrected chi connectivity index (χ0v) is 23.6. The van der Waals surface area contributed by atoms with E-state index in [1.165, 1.54) is 11.3 Å². The third-order valence-corrected chi connectivity index (χ3v) is 8.70. The first-order chi connectivity index (χ1) is 20.5. The number of H-pyrrole nitrogens is 2. The molecule has 1 saturated heterocycles. The average Bonchev–Trinajstić information content (AvgIpc) is 3.75. The van der Waals surface area contributed by atoms with Crippen molar-refractivity contribution in [3.8, 4) is 33.3 Å². The Morgan fingerprint density at radius 1 is 1.02 bits per heavy atom. The summed E-state index contributed by atoms with van der Waals surface area (Å²) in [5.41, 5.74) is 5.74. The van der Waals surface area contributed by atoms with E-state index in [0.717, 1.165) is 52.8 Å². The number of nitrogens with zero attached hydrogens (tertiary/aromatic N) is 5. The minimum Gasteiger partial charge on any atom is -0.336 e. The molecule has 1 amide bonds. The summed E-state index contributed by atoms with van der Waals surface area (Å²) in [4.78, 5) is 47.8. The number of anilines is 1. The summed E-state index contributed by atoms with van der Waals surface area (Å²) in [6.07, 6.45) is 9.37. The first kappa shape index (κ1) is 26.1. The standard InChI is InChI=1S/C30H27N9O2S/c1-16(40)24-2-3-25(42-24)29-28-21(6-9-33-29)36-30(37-28)27-20-12-22(34-15-23(20)38-39-27)18-11-19(14-32-13-18)35-26(41)10-17-4-7-31-8-5-17/h2-3,6,9,11-15,17,31H,4-5,7-8,10H2,1H3,(H,35,41)(H,36,37)(H,38,39). The Morgan fingerprint density at radius 3 is 2.74 bits per heavy atom. The summed E-state index contributed by atoms with van der Waals surface area (Å²) in [5.74, 6) is 1.01. The van der Waals surface area contributed by atoms with Crippen LogP contribution in [0.3, 0.4) is 0 Å². The van der Waals surface area contributed by atoms with Crippen LogP contribution in [0.5, 0.6) is 0 Å². The van der Waals surface area contributed by atoms with Crippen molar-refractivity contribution in [3.63, 3.8) is 0 Å². The molecule has 4 N–H and O–H groups in total. The molecule has 0 unspecified atom stereocenters. The van der Waals surface area contributed by atoms with Gasteiger partial charge in [-0.1, -0.05) is 0 Å². The number of imidazole rings is 1. The van der Waals surface area contributed by atoms with Crippen molar-refractivity contribution in [2.24, 2.45) is 5.92 Å². The van der Waals surface area contributed by atoms with Gasteiger partial charge in [-0.3, -0.25) is 29.6 Å². The molecule has 1 fully saturated rings. The molecular formula is C30H27N9O2S. The van der Waals surface area contributed by atoms with Crippen LogP contribution in [-0.4, -0.2) is 59.9 Å². The zero-order valence-electron chi connectivity index (χ0n) is 22.8. The lowest BCUT2D eigenvalue weighted by molar-refractivity contribution is -0.117. The predicted octanol–water partition coefficient (Wildman–Crippen LogP) is 5.22. The fraction of sp³-hybridized carbons (Fsp3) is 0.233. The molecule has 210 valence electrons. The number of nitrogens with one attached hydrogen (secondary N) is 4. The van der Waals surface area contributed by atoms with E-state index in [2.05, 4.69) is 40.8 Å². The van der Waals surface area contributed by atoms with Crippen molar-refractivity contribution in [3.05, 3.63) is 60.0 Å². The largest absolute Gasteiger partial charge is 0.336 e. The second kappa shape index (κ2) is 10.9. The highest BCUT2D eigenvalue weighted by molar-refractivity contribution is 7.17. The van der Waals surface area contributed by atoms with Crippen LogP contribution in [0.15, 0.2) is 55.1 Å². The molecule has 42 heavy (non-hydrogen) atoms. The molecule has 0 aromatic carbocycles. The number of thiophene rings is 1. The molecule has 1 aliphatic rings. The molecule has 12 heteroatoms. The molecule has 1 aliphatic heterocycles. The van der Waals surface area contributed by atoms with Crippen LogP contribution in [0.1, 0.15) is 35.9 Å². The molecule has 0 spiro atoms. The number of Topliss-reactive ketones (excluding diaryl/α,β-unsaturated/α-hetero) is 1. The Balaban J connectivity index is 1.19. The first-order valence-corrected chi connectivity index (χ1v) is 14.6. The fourth-order valence-corrected chi connectivity index (χ4v) is 6.24. The first-order valence-electron chi connectivity index (χ1n) is 13.8. The van der Waals surface area contributed by atoms with Crippen LogP contribution >= 0.6 is 11.3 Å². The van der Waals surface area contributed by atoms with Crippen molar-refractivity contribution >= 4 is 50.7 Å². The fourth-order valence-electron chi connectivity index (χ4n) is 5.35. The molecule has 0 atom stereocenters. The quantitative estimate of drug-likeness (QED) is 0.188. The SMILES string of the molecule is CC(=O)c1ccc(-c2nccc3[nH]c(-c4n[nH]c5cnc(-c6cncc(NC(=O)CC7CCNCC7)c6)cc45)nc23)s1. The number of aromatic amines is 2. The maximum atomic E-state index is 12.7. The topological polar surface area (TPSA) is 154 Å². The van der Waals surface area contributed by atoms with E-state index < -0.39 is 0 Å². The molecule has 11 nitrogen and oxygen atoms in total. The lowest BCUT2D eigenvalue weighted by Crippen LogP contribution is -2.30. The molecule has 6 aromatic rings. The maximum absolute atomic E-state index is 12.7. The second-order valence-electron chi connectivity index (χ2n) is 10.5. The van der Waals surface area contributed by atoms with Gasteiger partial charge < -0.3 is 15.6 Å². The molecule has 6 aromatic heterocycles. The molecule has 0 aliphatic carbocycles. The summed E-state index contributed by atoms with van der Waals surface area (Å²) in [7, 11) is 0. The number of aromatic nitrogens is 7. The Kier molecular flexibility index (Phi) is 6.76. The van der Waals surface area contributed by atoms with E-state index in [9.17, 15) is 9.59 Å². The summed E-state index contributed by atoms with van der Waals surface area (Å²) in [6, 6.07) is 9.41. The van der Waals surface area contributed by atoms with Crippen LogP contribution in [0.2, 0.25) is 0 Å². The van der Waals surface area contributed by atoms with Gasteiger partial charge in [0.1, 0.15) is 16.9 Å². The van der Waals surface area contributed by atoms with Crippen LogP contribution < -0.4 is 10.6 Å². The van der Waals surface area contributed by atoms with Crippen LogP contribution in [0, 0.1) is 5.92 Å². The number of amides is 1. The number of piperidine rings is 1. The Bertz CT molecular complexity index is 1950. The third kappa shape index (κ3) is 5.06. The molecule has 0 bridgehead atoms. The van der Waals surface area contributed by atoms with Gasteiger partial charge in [0.05, 0.1) is 44.6 Å². The summed E-state index contributed by atoms with van der Waals surface area (Å²) in [6.45, 7) is 3.48. The molecule has 7 rings (SSSR count). The smallest absolute Gasteiger partial charge is 0.224 e. The third-order valence-electron chi connectivity index (χ3n) is 7.51. The highest BCUT2D eigenvalue weighted by Gasteiger charge is 2.19. The highest BCUT2D eigenvalue weighted by atomic mass is 32.1. The second-order valence-corrected chi connectivity index (χ2v) is 11.5. The van der Waals surface area contributed by atoms with Crippen molar-refractivity contribution in [2.75, 3.05) is 18.4 Å². The van der Waals surface area contributed by atoms with Gasteiger partial charge in [-0.2, -0.15) is 5.10 Å². The monoisotopic (exact) mass is 577 g/mol. The van der Waals surface area contributed by atoms with E-state index in [-0.39, 0.29) is 11.7 Å². The van der Waals surface area contributed by atoms with Crippen molar-refractivity contribution in [1.82, 2.24) is 40.4 Å². The van der Waals surface area contributed by atoms with Gasteiger partial charge in [-0.25, -0.2) is 4.98 Å². The number of hydrogen-bond donors (Lipinski definition) is 4. The predicted molar refractivity (Wildman–Crippen MR) is 162 cm³/mol. The summed E-state index contributed by atoms with van der Waals surface area (Å²) < 4.78 is 0. The van der Waals surface area contributed by atoms with Gasteiger partial charge in [0.2, 0.25) is 5.91 Å². The van der Waals surface area contributed by atoms with Crippen LogP contribution in [0.4, 0.5) is 5.69 Å². The normalized spacial score (nSPS) is 14.0. The van der Waals surface area contributed by atoms with Gasteiger partial charge in [0.15, 0.2) is 11.6 Å². The maximum Gasteiger partial charge on any atom is 0.224 e. The van der Waals surface area contributed by atoms with Crippen molar-refractivity contribution in [2.45, 2.75) is 26.2 Å². The van der Waals surface area contributed by atoms with E-state index in [0.29, 0.717) is 51.3 Å². The van der Waals surface area contributed by atoms with Gasteiger partial charge in [0.25, 0.3) is 0 Å². The van der Waals surface area contributed by atoms with Crippen LogP contribution in [0.25, 0.3) is 55.3 Å². The van der Waals surface area contributed by atoms with Crippen LogP contribution in [-0.2, 0) is 4.79 Å². The van der Waals surface area contributed by atoms with E-state index in [1.54, 1.807) is 31.7 Å². The van der Waals surface area contributed by atoms with E-state index in [4.69, 9.17) is 4.98 Å². The lowest BCUT2D eigenvalue weighted by atomic mass is 9.94. The number of pyridine rings is 3. The molecular weight excluding hydrogens is 550 g/mol. The number of rotatable bonds is 7. The Hall–Kier alpha value is -4.81. The number of carbonyl (C=O) groups excluding carboxylic acids is 2. The minimum absolute atomic E-state index is 0.000178. The molecule has 0 saturated carbocycles. The van der Waals surface area contributed by atoms with E-state index >= 15 is 0 Å². The van der Waals surface area contributed by atoms with Crippen molar-refractivity contribution < 1.29 is 9.59 Å². The van der Waals surface area contributed by atoms with Gasteiger partial charge >= 0.3 is 0 Å². The van der Waals surface area contributed by atoms with Gasteiger partial charge in [-0.15, -0.1) is 11.3 Å². The zero-order chi connectivity index (χ0) is 28.6. The van der Waals surface area contributed by atoms with Gasteiger partial charge in [0, 0.05) is 29.8 Å². The molecule has 7 heterocycles. The van der Waals surface area contributed by atoms with Gasteiger partial charge in [-0.05, 0) is 69.1 Å². The minimum atomic E-state index is 0.000178. The average molecular weight is 578 g/mol. The highest BCUT2D eigenvalue weighted by Crippen LogP contribution is 2.34. The number of ketones is 1. The lowest BCUT2D eigenvalue weighted by Gasteiger charge is -2.21. The summed E-state index contributed by atoms with van der Waals surface area (Å²) in [5, 5.41) is 14.8. The number of fused-ring (bicyclic) bond motifs is 2. The summed E-state index contributed by atoms with van der Waals surface area (Å²) >= 11 is 1.40. The Labute approximate surface area is 244 Å². The van der Waals surface area contributed by atoms with E-state index in [1.807, 2.05) is 30.3 Å².